The first-order chi connectivity index (χ1) is 13.7. The van der Waals surface area contributed by atoms with E-state index in [1.165, 1.54) is 0 Å². The van der Waals surface area contributed by atoms with Gasteiger partial charge in [0.05, 0.1) is 27.4 Å². The molecule has 1 heterocycles. The number of anilines is 1. The second-order valence-electron chi connectivity index (χ2n) is 6.26. The molecule has 0 amide bonds. The van der Waals surface area contributed by atoms with E-state index in [2.05, 4.69) is 15.6 Å². The van der Waals surface area contributed by atoms with Gasteiger partial charge in [0, 0.05) is 31.8 Å². The van der Waals surface area contributed by atoms with Crippen molar-refractivity contribution < 1.29 is 18.9 Å². The monoisotopic (exact) mass is 385 g/mol. The average molecular weight is 385 g/mol. The van der Waals surface area contributed by atoms with Gasteiger partial charge in [0.1, 0.15) is 11.5 Å². The Labute approximate surface area is 165 Å². The summed E-state index contributed by atoms with van der Waals surface area (Å²) in [4.78, 5) is 4.29. The Hall–Kier alpha value is -3.09. The van der Waals surface area contributed by atoms with E-state index in [1.807, 2.05) is 36.4 Å². The molecule has 7 heteroatoms. The van der Waals surface area contributed by atoms with E-state index >= 15 is 0 Å². The van der Waals surface area contributed by atoms with Crippen LogP contribution in [0.5, 0.6) is 23.0 Å². The molecule has 0 aliphatic carbocycles. The summed E-state index contributed by atoms with van der Waals surface area (Å²) < 4.78 is 22.1. The maximum atomic E-state index is 5.74. The Bertz CT molecular complexity index is 823. The van der Waals surface area contributed by atoms with Crippen LogP contribution in [0.1, 0.15) is 12.0 Å². The molecular formula is C21H27N3O4. The standard InChI is InChI=1S/C21H27N3O4/c1-22-21(23-10-9-15-13-17(25-2)6-8-18(15)26-3)24-16-5-7-19-20(14-16)28-12-4-11-27-19/h5-8,13-14H,4,9-12H2,1-3H3,(H2,22,23,24). The number of fused-ring (bicyclic) bond motifs is 1. The van der Waals surface area contributed by atoms with Gasteiger partial charge in [-0.15, -0.1) is 0 Å². The van der Waals surface area contributed by atoms with Crippen molar-refractivity contribution in [1.82, 2.24) is 5.32 Å². The maximum Gasteiger partial charge on any atom is 0.195 e. The lowest BCUT2D eigenvalue weighted by atomic mass is 10.1. The fraction of sp³-hybridized carbons (Fsp3) is 0.381. The summed E-state index contributed by atoms with van der Waals surface area (Å²) in [5.74, 6) is 3.85. The van der Waals surface area contributed by atoms with Crippen molar-refractivity contribution in [3.05, 3.63) is 42.0 Å². The summed E-state index contributed by atoms with van der Waals surface area (Å²) in [5.41, 5.74) is 1.96. The SMILES string of the molecule is CN=C(NCCc1cc(OC)ccc1OC)Nc1ccc2c(c1)OCCCO2. The van der Waals surface area contributed by atoms with Crippen molar-refractivity contribution in [1.29, 1.82) is 0 Å². The van der Waals surface area contributed by atoms with Gasteiger partial charge in [0.15, 0.2) is 17.5 Å². The summed E-state index contributed by atoms with van der Waals surface area (Å²) in [6.45, 7) is 2.02. The van der Waals surface area contributed by atoms with Crippen LogP contribution in [-0.4, -0.2) is 47.0 Å². The minimum atomic E-state index is 0.659. The smallest absolute Gasteiger partial charge is 0.195 e. The average Bonchev–Trinajstić information content (AvgIpc) is 2.97. The predicted molar refractivity (Wildman–Crippen MR) is 110 cm³/mol. The molecule has 28 heavy (non-hydrogen) atoms. The highest BCUT2D eigenvalue weighted by atomic mass is 16.5. The molecule has 7 nitrogen and oxygen atoms in total. The first-order valence-corrected chi connectivity index (χ1v) is 9.31. The highest BCUT2D eigenvalue weighted by Gasteiger charge is 2.11. The summed E-state index contributed by atoms with van der Waals surface area (Å²) in [6, 6.07) is 11.6. The lowest BCUT2D eigenvalue weighted by molar-refractivity contribution is 0.297. The minimum absolute atomic E-state index is 0.659. The number of nitrogens with one attached hydrogen (secondary N) is 2. The summed E-state index contributed by atoms with van der Waals surface area (Å²) in [7, 11) is 5.07. The number of ether oxygens (including phenoxy) is 4. The lowest BCUT2D eigenvalue weighted by Crippen LogP contribution is -2.32. The van der Waals surface area contributed by atoms with Gasteiger partial charge in [-0.25, -0.2) is 0 Å². The highest BCUT2D eigenvalue weighted by molar-refractivity contribution is 5.93. The van der Waals surface area contributed by atoms with Gasteiger partial charge in [0.25, 0.3) is 0 Å². The molecule has 2 aromatic rings. The number of hydrogen-bond donors (Lipinski definition) is 2. The molecule has 0 saturated carbocycles. The molecule has 0 unspecified atom stereocenters. The number of rotatable bonds is 6. The van der Waals surface area contributed by atoms with Crippen LogP contribution in [0.4, 0.5) is 5.69 Å². The van der Waals surface area contributed by atoms with Crippen LogP contribution in [0, 0.1) is 0 Å². The number of benzene rings is 2. The van der Waals surface area contributed by atoms with E-state index in [1.54, 1.807) is 21.3 Å². The Kier molecular flexibility index (Phi) is 6.84. The van der Waals surface area contributed by atoms with Crippen molar-refractivity contribution in [3.63, 3.8) is 0 Å². The molecule has 1 aliphatic rings. The van der Waals surface area contributed by atoms with Crippen molar-refractivity contribution in [2.24, 2.45) is 4.99 Å². The van der Waals surface area contributed by atoms with Gasteiger partial charge in [-0.1, -0.05) is 0 Å². The summed E-state index contributed by atoms with van der Waals surface area (Å²) in [6.07, 6.45) is 1.65. The van der Waals surface area contributed by atoms with Crippen molar-refractivity contribution in [3.8, 4) is 23.0 Å². The Morgan fingerprint density at radius 1 is 1.04 bits per heavy atom. The molecule has 0 radical (unpaired) electrons. The number of hydrogen-bond acceptors (Lipinski definition) is 5. The fourth-order valence-corrected chi connectivity index (χ4v) is 2.95. The van der Waals surface area contributed by atoms with Crippen molar-refractivity contribution in [2.45, 2.75) is 12.8 Å². The Balaban J connectivity index is 1.59. The minimum Gasteiger partial charge on any atom is -0.497 e. The van der Waals surface area contributed by atoms with Gasteiger partial charge in [-0.05, 0) is 42.3 Å². The zero-order chi connectivity index (χ0) is 19.8. The van der Waals surface area contributed by atoms with Gasteiger partial charge in [-0.3, -0.25) is 4.99 Å². The third-order valence-corrected chi connectivity index (χ3v) is 4.41. The van der Waals surface area contributed by atoms with Crippen molar-refractivity contribution in [2.75, 3.05) is 46.3 Å². The second-order valence-corrected chi connectivity index (χ2v) is 6.26. The molecule has 0 spiro atoms. The van der Waals surface area contributed by atoms with Crippen molar-refractivity contribution >= 4 is 11.6 Å². The summed E-state index contributed by atoms with van der Waals surface area (Å²) >= 11 is 0. The van der Waals surface area contributed by atoms with Gasteiger partial charge >= 0.3 is 0 Å². The predicted octanol–water partition coefficient (Wildman–Crippen LogP) is 3.10. The van der Waals surface area contributed by atoms with Crippen LogP contribution in [-0.2, 0) is 6.42 Å². The third-order valence-electron chi connectivity index (χ3n) is 4.41. The molecular weight excluding hydrogens is 358 g/mol. The normalized spacial score (nSPS) is 13.5. The molecule has 0 fully saturated rings. The lowest BCUT2D eigenvalue weighted by Gasteiger charge is -2.15. The molecule has 2 N–H and O–H groups in total. The molecule has 1 aliphatic heterocycles. The number of guanidine groups is 1. The molecule has 0 saturated heterocycles. The van der Waals surface area contributed by atoms with E-state index < -0.39 is 0 Å². The van der Waals surface area contributed by atoms with Crippen LogP contribution >= 0.6 is 0 Å². The molecule has 0 bridgehead atoms. The van der Waals surface area contributed by atoms with Crippen LogP contribution in [0.3, 0.4) is 0 Å². The fourth-order valence-electron chi connectivity index (χ4n) is 2.95. The maximum absolute atomic E-state index is 5.74. The Morgan fingerprint density at radius 2 is 1.86 bits per heavy atom. The third kappa shape index (κ3) is 5.00. The van der Waals surface area contributed by atoms with Gasteiger partial charge < -0.3 is 29.6 Å². The van der Waals surface area contributed by atoms with Gasteiger partial charge in [0.2, 0.25) is 0 Å². The zero-order valence-corrected chi connectivity index (χ0v) is 16.6. The second kappa shape index (κ2) is 9.73. The number of nitrogens with zero attached hydrogens (tertiary/aromatic N) is 1. The molecule has 2 aromatic carbocycles. The van der Waals surface area contributed by atoms with Gasteiger partial charge in [-0.2, -0.15) is 0 Å². The van der Waals surface area contributed by atoms with Crippen LogP contribution in [0.25, 0.3) is 0 Å². The topological polar surface area (TPSA) is 73.3 Å². The molecule has 150 valence electrons. The zero-order valence-electron chi connectivity index (χ0n) is 16.6. The first kappa shape index (κ1) is 19.7. The van der Waals surface area contributed by atoms with Crippen LogP contribution in [0.15, 0.2) is 41.4 Å². The largest absolute Gasteiger partial charge is 0.497 e. The first-order valence-electron chi connectivity index (χ1n) is 9.31. The van der Waals surface area contributed by atoms with Crippen LogP contribution in [0.2, 0.25) is 0 Å². The highest BCUT2D eigenvalue weighted by Crippen LogP contribution is 2.32. The van der Waals surface area contributed by atoms with E-state index in [4.69, 9.17) is 18.9 Å². The van der Waals surface area contributed by atoms with Crippen LogP contribution < -0.4 is 29.6 Å². The van der Waals surface area contributed by atoms with E-state index in [9.17, 15) is 0 Å². The summed E-state index contributed by atoms with van der Waals surface area (Å²) in [5, 5.41) is 6.60. The Morgan fingerprint density at radius 3 is 2.61 bits per heavy atom. The molecule has 3 rings (SSSR count). The quantitative estimate of drug-likeness (QED) is 0.588. The van der Waals surface area contributed by atoms with E-state index in [-0.39, 0.29) is 0 Å². The van der Waals surface area contributed by atoms with E-state index in [0.717, 1.165) is 47.1 Å². The van der Waals surface area contributed by atoms with E-state index in [0.29, 0.717) is 25.7 Å². The number of aliphatic imine (C=N–C) groups is 1. The number of methoxy groups -OCH3 is 2. The molecule has 0 atom stereocenters. The molecule has 0 aromatic heterocycles.